The van der Waals surface area contributed by atoms with E-state index in [4.69, 9.17) is 28.9 Å². The lowest BCUT2D eigenvalue weighted by atomic mass is 10.0. The number of hydrogen-bond donors (Lipinski definition) is 1. The molecule has 0 unspecified atom stereocenters. The van der Waals surface area contributed by atoms with Crippen molar-refractivity contribution in [2.24, 2.45) is 0 Å². The highest BCUT2D eigenvalue weighted by atomic mass is 35.5. The second-order valence-electron chi connectivity index (χ2n) is 4.63. The normalized spacial score (nSPS) is 10.6. The van der Waals surface area contributed by atoms with Gasteiger partial charge in [0.25, 0.3) is 0 Å². The van der Waals surface area contributed by atoms with Crippen LogP contribution in [0.25, 0.3) is 0 Å². The van der Waals surface area contributed by atoms with Crippen LogP contribution in [0.5, 0.6) is 0 Å². The number of rotatable bonds is 4. The van der Waals surface area contributed by atoms with Crippen LogP contribution >= 0.6 is 23.2 Å². The SMILES string of the molecule is CCCc1ccc(C(=O)c2cc(Cl)c(N)c(Cl)c2)cc1. The molecule has 2 aromatic rings. The van der Waals surface area contributed by atoms with Crippen molar-refractivity contribution in [3.63, 3.8) is 0 Å². The van der Waals surface area contributed by atoms with Gasteiger partial charge in [-0.1, -0.05) is 60.8 Å². The highest BCUT2D eigenvalue weighted by Crippen LogP contribution is 2.29. The molecule has 4 heteroatoms. The standard InChI is InChI=1S/C16H15Cl2NO/c1-2-3-10-4-6-11(7-5-10)16(20)12-8-13(17)15(19)14(18)9-12/h4-9H,2-3,19H2,1H3. The molecular formula is C16H15Cl2NO. The molecule has 104 valence electrons. The zero-order chi connectivity index (χ0) is 14.7. The van der Waals surface area contributed by atoms with Gasteiger partial charge in [0.05, 0.1) is 15.7 Å². The van der Waals surface area contributed by atoms with Gasteiger partial charge in [0.1, 0.15) is 0 Å². The van der Waals surface area contributed by atoms with E-state index in [9.17, 15) is 4.79 Å². The van der Waals surface area contributed by atoms with E-state index < -0.39 is 0 Å². The molecule has 20 heavy (non-hydrogen) atoms. The fourth-order valence-corrected chi connectivity index (χ4v) is 2.48. The predicted molar refractivity (Wildman–Crippen MR) is 84.7 cm³/mol. The average molecular weight is 308 g/mol. The van der Waals surface area contributed by atoms with Gasteiger partial charge in [0, 0.05) is 11.1 Å². The lowest BCUT2D eigenvalue weighted by Gasteiger charge is -2.07. The first-order valence-corrected chi connectivity index (χ1v) is 7.16. The van der Waals surface area contributed by atoms with Crippen molar-refractivity contribution in [3.05, 3.63) is 63.1 Å². The van der Waals surface area contributed by atoms with Crippen LogP contribution in [-0.4, -0.2) is 5.78 Å². The van der Waals surface area contributed by atoms with E-state index in [-0.39, 0.29) is 5.78 Å². The molecule has 0 aliphatic carbocycles. The molecule has 0 saturated heterocycles. The molecule has 0 saturated carbocycles. The molecule has 0 aliphatic heterocycles. The third kappa shape index (κ3) is 3.14. The fraction of sp³-hybridized carbons (Fsp3) is 0.188. The molecule has 2 N–H and O–H groups in total. The van der Waals surface area contributed by atoms with E-state index in [1.165, 1.54) is 5.56 Å². The number of ketones is 1. The molecule has 0 aromatic heterocycles. The van der Waals surface area contributed by atoms with Crippen molar-refractivity contribution < 1.29 is 4.79 Å². The van der Waals surface area contributed by atoms with Crippen molar-refractivity contribution in [1.29, 1.82) is 0 Å². The zero-order valence-electron chi connectivity index (χ0n) is 11.1. The molecule has 0 aliphatic rings. The lowest BCUT2D eigenvalue weighted by Crippen LogP contribution is -2.03. The molecular weight excluding hydrogens is 293 g/mol. The minimum absolute atomic E-state index is 0.114. The number of benzene rings is 2. The van der Waals surface area contributed by atoms with Gasteiger partial charge in [-0.05, 0) is 24.1 Å². The highest BCUT2D eigenvalue weighted by Gasteiger charge is 2.13. The Kier molecular flexibility index (Phi) is 4.69. The van der Waals surface area contributed by atoms with Crippen LogP contribution in [0.4, 0.5) is 5.69 Å². The number of nitrogen functional groups attached to an aromatic ring is 1. The number of carbonyl (C=O) groups is 1. The summed E-state index contributed by atoms with van der Waals surface area (Å²) in [6.07, 6.45) is 2.09. The van der Waals surface area contributed by atoms with Crippen LogP contribution in [0.3, 0.4) is 0 Å². The van der Waals surface area contributed by atoms with E-state index in [0.717, 1.165) is 12.8 Å². The van der Waals surface area contributed by atoms with Gasteiger partial charge >= 0.3 is 0 Å². The molecule has 2 rings (SSSR count). The smallest absolute Gasteiger partial charge is 0.193 e. The Morgan fingerprint density at radius 3 is 2.10 bits per heavy atom. The summed E-state index contributed by atoms with van der Waals surface area (Å²) in [4.78, 5) is 12.4. The lowest BCUT2D eigenvalue weighted by molar-refractivity contribution is 0.103. The quantitative estimate of drug-likeness (QED) is 0.653. The first-order valence-electron chi connectivity index (χ1n) is 6.41. The van der Waals surface area contributed by atoms with Gasteiger partial charge in [0.2, 0.25) is 0 Å². The van der Waals surface area contributed by atoms with E-state index in [1.54, 1.807) is 12.1 Å². The Morgan fingerprint density at radius 1 is 1.05 bits per heavy atom. The fourth-order valence-electron chi connectivity index (χ4n) is 1.99. The first-order chi connectivity index (χ1) is 9.52. The Bertz CT molecular complexity index is 612. The maximum atomic E-state index is 12.4. The third-order valence-corrected chi connectivity index (χ3v) is 3.72. The van der Waals surface area contributed by atoms with E-state index in [0.29, 0.717) is 26.9 Å². The Balaban J connectivity index is 2.31. The van der Waals surface area contributed by atoms with E-state index in [2.05, 4.69) is 6.92 Å². The molecule has 2 nitrogen and oxygen atoms in total. The highest BCUT2D eigenvalue weighted by molar-refractivity contribution is 6.39. The van der Waals surface area contributed by atoms with Crippen LogP contribution in [0.2, 0.25) is 10.0 Å². The first kappa shape index (κ1) is 14.9. The largest absolute Gasteiger partial charge is 0.396 e. The van der Waals surface area contributed by atoms with Crippen LogP contribution in [0.1, 0.15) is 34.8 Å². The molecule has 0 radical (unpaired) electrons. The number of anilines is 1. The minimum Gasteiger partial charge on any atom is -0.396 e. The van der Waals surface area contributed by atoms with Crippen molar-refractivity contribution in [3.8, 4) is 0 Å². The zero-order valence-corrected chi connectivity index (χ0v) is 12.6. The van der Waals surface area contributed by atoms with Gasteiger partial charge in [-0.25, -0.2) is 0 Å². The summed E-state index contributed by atoms with van der Waals surface area (Å²) in [5, 5.41) is 0.590. The number of halogens is 2. The van der Waals surface area contributed by atoms with Gasteiger partial charge in [-0.3, -0.25) is 4.79 Å². The number of aryl methyl sites for hydroxylation is 1. The topological polar surface area (TPSA) is 43.1 Å². The van der Waals surface area contributed by atoms with E-state index in [1.807, 2.05) is 24.3 Å². The molecule has 0 atom stereocenters. The number of carbonyl (C=O) groups excluding carboxylic acids is 1. The maximum Gasteiger partial charge on any atom is 0.193 e. The van der Waals surface area contributed by atoms with Crippen LogP contribution < -0.4 is 5.73 Å². The van der Waals surface area contributed by atoms with Crippen molar-refractivity contribution in [1.82, 2.24) is 0 Å². The Hall–Kier alpha value is -1.51. The van der Waals surface area contributed by atoms with Crippen LogP contribution in [0.15, 0.2) is 36.4 Å². The van der Waals surface area contributed by atoms with Crippen LogP contribution in [-0.2, 0) is 6.42 Å². The summed E-state index contributed by atoms with van der Waals surface area (Å²) in [7, 11) is 0. The Labute approximate surface area is 128 Å². The predicted octanol–water partition coefficient (Wildman–Crippen LogP) is 4.76. The van der Waals surface area contributed by atoms with Gasteiger partial charge in [-0.15, -0.1) is 0 Å². The number of nitrogens with two attached hydrogens (primary N) is 1. The second kappa shape index (κ2) is 6.29. The second-order valence-corrected chi connectivity index (χ2v) is 5.44. The minimum atomic E-state index is -0.114. The Morgan fingerprint density at radius 2 is 1.60 bits per heavy atom. The van der Waals surface area contributed by atoms with Crippen molar-refractivity contribution in [2.45, 2.75) is 19.8 Å². The molecule has 0 amide bonds. The summed E-state index contributed by atoms with van der Waals surface area (Å²) >= 11 is 11.9. The third-order valence-electron chi connectivity index (χ3n) is 3.10. The summed E-state index contributed by atoms with van der Waals surface area (Å²) in [5.41, 5.74) is 8.24. The van der Waals surface area contributed by atoms with Crippen molar-refractivity contribution >= 4 is 34.7 Å². The van der Waals surface area contributed by atoms with Crippen molar-refractivity contribution in [2.75, 3.05) is 5.73 Å². The summed E-state index contributed by atoms with van der Waals surface area (Å²) in [6, 6.07) is 10.7. The average Bonchev–Trinajstić information content (AvgIpc) is 2.44. The molecule has 0 heterocycles. The molecule has 0 fully saturated rings. The van der Waals surface area contributed by atoms with Gasteiger partial charge in [-0.2, -0.15) is 0 Å². The number of hydrogen-bond acceptors (Lipinski definition) is 2. The van der Waals surface area contributed by atoms with Gasteiger partial charge < -0.3 is 5.73 Å². The molecule has 0 bridgehead atoms. The summed E-state index contributed by atoms with van der Waals surface area (Å²) < 4.78 is 0. The molecule has 0 spiro atoms. The van der Waals surface area contributed by atoms with E-state index >= 15 is 0 Å². The van der Waals surface area contributed by atoms with Crippen LogP contribution in [0, 0.1) is 0 Å². The monoisotopic (exact) mass is 307 g/mol. The van der Waals surface area contributed by atoms with Gasteiger partial charge in [0.15, 0.2) is 5.78 Å². The molecule has 2 aromatic carbocycles. The summed E-state index contributed by atoms with van der Waals surface area (Å²) in [6.45, 7) is 2.12. The summed E-state index contributed by atoms with van der Waals surface area (Å²) in [5.74, 6) is -0.114. The maximum absolute atomic E-state index is 12.4.